The quantitative estimate of drug-likeness (QED) is 0.0802. The van der Waals surface area contributed by atoms with Gasteiger partial charge in [-0.25, -0.2) is 4.98 Å². The summed E-state index contributed by atoms with van der Waals surface area (Å²) >= 11 is 0. The molecule has 1 fully saturated rings. The van der Waals surface area contributed by atoms with Gasteiger partial charge in [-0.1, -0.05) is 12.2 Å². The average molecular weight is 818 g/mol. The maximum absolute atomic E-state index is 13.8. The van der Waals surface area contributed by atoms with E-state index >= 15 is 0 Å². The van der Waals surface area contributed by atoms with Crippen LogP contribution in [0, 0.1) is 13.8 Å². The lowest BCUT2D eigenvalue weighted by Crippen LogP contribution is -2.37. The largest absolute Gasteiger partial charge is 0.491 e. The van der Waals surface area contributed by atoms with Crippen LogP contribution in [-0.4, -0.2) is 109 Å². The molecule has 1 saturated heterocycles. The molecule has 3 N–H and O–H groups in total. The second-order valence-corrected chi connectivity index (χ2v) is 14.8. The van der Waals surface area contributed by atoms with Crippen LogP contribution in [0.1, 0.15) is 85.8 Å². The third-order valence-corrected chi connectivity index (χ3v) is 10.6. The zero-order valence-corrected chi connectivity index (χ0v) is 34.7. The summed E-state index contributed by atoms with van der Waals surface area (Å²) in [5.41, 5.74) is 11.5. The minimum Gasteiger partial charge on any atom is -0.491 e. The molecule has 314 valence electrons. The fraction of sp³-hybridized carbons (Fsp3) is 0.395. The maximum atomic E-state index is 13.8. The molecule has 3 aromatic heterocycles. The van der Waals surface area contributed by atoms with Crippen LogP contribution in [-0.2, 0) is 30.8 Å². The van der Waals surface area contributed by atoms with Gasteiger partial charge >= 0.3 is 0 Å². The first-order chi connectivity index (χ1) is 28.9. The minimum atomic E-state index is -0.635. The fourth-order valence-electron chi connectivity index (χ4n) is 7.60. The van der Waals surface area contributed by atoms with Crippen molar-refractivity contribution >= 4 is 52.0 Å². The molecule has 0 radical (unpaired) electrons. The predicted octanol–water partition coefficient (Wildman–Crippen LogP) is 4.60. The Kier molecular flexibility index (Phi) is 12.7. The number of Topliss-reactive ketones (excluding diaryl/α,β-unsaturated/α-hetero) is 1. The Bertz CT molecular complexity index is 2500. The summed E-state index contributed by atoms with van der Waals surface area (Å²) in [5, 5.41) is 11.8. The van der Waals surface area contributed by atoms with Crippen molar-refractivity contribution in [2.75, 3.05) is 56.2 Å². The van der Waals surface area contributed by atoms with Gasteiger partial charge in [0, 0.05) is 69.0 Å². The first-order valence-electron chi connectivity index (χ1n) is 20.3. The van der Waals surface area contributed by atoms with Crippen molar-refractivity contribution in [1.82, 2.24) is 34.0 Å². The van der Waals surface area contributed by atoms with Gasteiger partial charge in [0.2, 0.25) is 11.9 Å². The number of nitrogens with zero attached hydrogens (tertiary/aromatic N) is 9. The van der Waals surface area contributed by atoms with Crippen molar-refractivity contribution in [2.45, 2.75) is 67.1 Å². The van der Waals surface area contributed by atoms with Gasteiger partial charge in [0.15, 0.2) is 5.78 Å². The van der Waals surface area contributed by atoms with E-state index in [2.05, 4.69) is 25.4 Å². The van der Waals surface area contributed by atoms with Crippen molar-refractivity contribution < 1.29 is 28.7 Å². The summed E-state index contributed by atoms with van der Waals surface area (Å²) in [7, 11) is 0. The van der Waals surface area contributed by atoms with E-state index in [1.807, 2.05) is 61.4 Å². The third kappa shape index (κ3) is 9.06. The number of imidazole rings is 1. The number of amides is 3. The standard InChI is InChI=1S/C43H51N11O6/c1-6-53-35(21-27(3)48-53)41(57)46-38-26-31-23-30(29(5)55)11-12-34(31)51(38)14-8-9-15-52-39-33(45-43(52)47-42(58)36-22-28(4)49-54(36)7-2)24-32(40(44)56)25-37(39)60-18-10-13-50-16-19-59-20-17-50/h8-9,11-12,21-25H,6-7,10,13-20,26H2,1-5H3,(H2,44,56)(H,45,47,58)/b9-8+,46-38?. The van der Waals surface area contributed by atoms with Crippen molar-refractivity contribution in [2.24, 2.45) is 10.7 Å². The highest BCUT2D eigenvalue weighted by atomic mass is 16.5. The second kappa shape index (κ2) is 18.2. The van der Waals surface area contributed by atoms with E-state index in [-0.39, 0.29) is 23.8 Å². The first-order valence-corrected chi connectivity index (χ1v) is 20.3. The summed E-state index contributed by atoms with van der Waals surface area (Å²) in [6.07, 6.45) is 4.97. The molecule has 0 aliphatic carbocycles. The molecule has 5 aromatic rings. The number of ketones is 1. The molecule has 2 aromatic carbocycles. The van der Waals surface area contributed by atoms with E-state index in [9.17, 15) is 19.2 Å². The molecule has 0 spiro atoms. The number of hydrogen-bond donors (Lipinski definition) is 2. The number of allylic oxidation sites excluding steroid dienone is 1. The number of ether oxygens (including phenoxy) is 2. The zero-order chi connectivity index (χ0) is 42.5. The van der Waals surface area contributed by atoms with E-state index in [4.69, 9.17) is 20.2 Å². The average Bonchev–Trinajstić information content (AvgIpc) is 4.00. The summed E-state index contributed by atoms with van der Waals surface area (Å²) in [6, 6.07) is 12.2. The number of benzene rings is 2. The molecule has 0 atom stereocenters. The van der Waals surface area contributed by atoms with E-state index in [1.54, 1.807) is 39.7 Å². The number of nitrogens with one attached hydrogen (secondary N) is 1. The Hall–Kier alpha value is -6.46. The van der Waals surface area contributed by atoms with E-state index < -0.39 is 17.7 Å². The normalized spacial score (nSPS) is 15.0. The van der Waals surface area contributed by atoms with Gasteiger partial charge < -0.3 is 24.7 Å². The molecular formula is C43H51N11O6. The van der Waals surface area contributed by atoms with Gasteiger partial charge in [0.1, 0.15) is 28.5 Å². The van der Waals surface area contributed by atoms with E-state index in [1.165, 1.54) is 6.92 Å². The number of aliphatic imine (C=N–C) groups is 1. The lowest BCUT2D eigenvalue weighted by Gasteiger charge is -2.26. The molecule has 2 aliphatic rings. The van der Waals surface area contributed by atoms with Crippen LogP contribution in [0.5, 0.6) is 5.75 Å². The van der Waals surface area contributed by atoms with Gasteiger partial charge in [-0.05, 0) is 89.1 Å². The van der Waals surface area contributed by atoms with Gasteiger partial charge in [-0.15, -0.1) is 0 Å². The second-order valence-electron chi connectivity index (χ2n) is 14.8. The maximum Gasteiger partial charge on any atom is 0.296 e. The van der Waals surface area contributed by atoms with Crippen LogP contribution in [0.2, 0.25) is 0 Å². The Balaban J connectivity index is 1.21. The smallest absolute Gasteiger partial charge is 0.296 e. The number of carbonyl (C=O) groups is 4. The van der Waals surface area contributed by atoms with Crippen LogP contribution in [0.4, 0.5) is 11.6 Å². The molecule has 0 saturated carbocycles. The molecule has 3 amide bonds. The molecular weight excluding hydrogens is 767 g/mol. The summed E-state index contributed by atoms with van der Waals surface area (Å²) in [4.78, 5) is 65.8. The number of amidine groups is 1. The Morgan fingerprint density at radius 1 is 0.917 bits per heavy atom. The number of fused-ring (bicyclic) bond motifs is 2. The molecule has 60 heavy (non-hydrogen) atoms. The topological polar surface area (TPSA) is 197 Å². The SMILES string of the molecule is CCn1nc(C)cc1C(=O)N=C1Cc2cc(C(C)=O)ccc2N1C/C=C/Cn1c(NC(=O)c2cc(C)nn2CC)nc2cc(C(N)=O)cc(OCCCN3CCOCC3)c21. The number of morpholine rings is 1. The summed E-state index contributed by atoms with van der Waals surface area (Å²) in [6.45, 7) is 14.9. The van der Waals surface area contributed by atoms with Gasteiger partial charge in [0.25, 0.3) is 11.8 Å². The number of carbonyl (C=O) groups excluding carboxylic acids is 4. The molecule has 5 heterocycles. The number of hydrogen-bond acceptors (Lipinski definition) is 10. The van der Waals surface area contributed by atoms with Crippen LogP contribution < -0.4 is 20.7 Å². The number of rotatable bonds is 16. The number of aryl methyl sites for hydroxylation is 4. The van der Waals surface area contributed by atoms with Crippen LogP contribution >= 0.6 is 0 Å². The Labute approximate surface area is 347 Å². The van der Waals surface area contributed by atoms with Crippen LogP contribution in [0.3, 0.4) is 0 Å². The Morgan fingerprint density at radius 3 is 2.32 bits per heavy atom. The highest BCUT2D eigenvalue weighted by Crippen LogP contribution is 2.33. The minimum absolute atomic E-state index is 0.0545. The molecule has 0 bridgehead atoms. The lowest BCUT2D eigenvalue weighted by molar-refractivity contribution is 0.0358. The molecule has 2 aliphatic heterocycles. The number of anilines is 2. The predicted molar refractivity (Wildman–Crippen MR) is 227 cm³/mol. The van der Waals surface area contributed by atoms with Crippen molar-refractivity contribution in [3.05, 3.63) is 94.1 Å². The number of primary amides is 1. The van der Waals surface area contributed by atoms with Gasteiger partial charge in [0.05, 0.1) is 36.7 Å². The van der Waals surface area contributed by atoms with Gasteiger partial charge in [-0.3, -0.25) is 38.8 Å². The van der Waals surface area contributed by atoms with Crippen molar-refractivity contribution in [3.63, 3.8) is 0 Å². The molecule has 7 rings (SSSR count). The molecule has 17 heteroatoms. The zero-order valence-electron chi connectivity index (χ0n) is 34.7. The highest BCUT2D eigenvalue weighted by Gasteiger charge is 2.28. The highest BCUT2D eigenvalue weighted by molar-refractivity contribution is 6.13. The summed E-state index contributed by atoms with van der Waals surface area (Å²) < 4.78 is 17.0. The third-order valence-electron chi connectivity index (χ3n) is 10.6. The van der Waals surface area contributed by atoms with E-state index in [0.717, 1.165) is 43.0 Å². The van der Waals surface area contributed by atoms with Crippen LogP contribution in [0.25, 0.3) is 11.0 Å². The Morgan fingerprint density at radius 2 is 1.62 bits per heavy atom. The lowest BCUT2D eigenvalue weighted by atomic mass is 10.1. The van der Waals surface area contributed by atoms with E-state index in [0.29, 0.717) is 91.1 Å². The van der Waals surface area contributed by atoms with Crippen molar-refractivity contribution in [3.8, 4) is 5.75 Å². The monoisotopic (exact) mass is 817 g/mol. The van der Waals surface area contributed by atoms with Gasteiger partial charge in [-0.2, -0.15) is 15.2 Å². The fourth-order valence-corrected chi connectivity index (χ4v) is 7.60. The number of aromatic nitrogens is 6. The molecule has 17 nitrogen and oxygen atoms in total. The van der Waals surface area contributed by atoms with Crippen molar-refractivity contribution in [1.29, 1.82) is 0 Å². The first kappa shape index (κ1) is 41.7. The molecule has 0 unspecified atom stereocenters. The number of nitrogens with two attached hydrogens (primary N) is 1. The summed E-state index contributed by atoms with van der Waals surface area (Å²) in [5.74, 6) is -0.311. The van der Waals surface area contributed by atoms with Crippen LogP contribution in [0.15, 0.2) is 59.6 Å².